The van der Waals surface area contributed by atoms with Crippen LogP contribution in [-0.4, -0.2) is 16.2 Å². The second kappa shape index (κ2) is 7.49. The zero-order valence-corrected chi connectivity index (χ0v) is 14.9. The Morgan fingerprint density at radius 3 is 2.79 bits per heavy atom. The largest absolute Gasteiger partial charge is 0.435 e. The smallest absolute Gasteiger partial charge is 0.387 e. The van der Waals surface area contributed by atoms with Gasteiger partial charge in [-0.1, -0.05) is 33.6 Å². The van der Waals surface area contributed by atoms with Crippen LogP contribution in [0.4, 0.5) is 8.78 Å². The molecular formula is C17H14BrClF2N2O. The van der Waals surface area contributed by atoms with Crippen molar-refractivity contribution in [2.24, 2.45) is 0 Å². The fraction of sp³-hybridized carbons (Fsp3) is 0.235. The minimum Gasteiger partial charge on any atom is -0.435 e. The zero-order chi connectivity index (χ0) is 17.1. The van der Waals surface area contributed by atoms with E-state index in [2.05, 4.69) is 30.2 Å². The first-order chi connectivity index (χ1) is 11.5. The molecule has 2 aromatic carbocycles. The van der Waals surface area contributed by atoms with E-state index < -0.39 is 6.61 Å². The van der Waals surface area contributed by atoms with Gasteiger partial charge in [-0.3, -0.25) is 0 Å². The van der Waals surface area contributed by atoms with E-state index in [0.29, 0.717) is 0 Å². The van der Waals surface area contributed by atoms with Gasteiger partial charge in [-0.25, -0.2) is 4.98 Å². The maximum Gasteiger partial charge on any atom is 0.387 e. The Labute approximate surface area is 151 Å². The van der Waals surface area contributed by atoms with Gasteiger partial charge in [0.2, 0.25) is 0 Å². The van der Waals surface area contributed by atoms with Crippen molar-refractivity contribution < 1.29 is 13.5 Å². The fourth-order valence-electron chi connectivity index (χ4n) is 2.62. The van der Waals surface area contributed by atoms with Crippen LogP contribution in [0.15, 0.2) is 46.9 Å². The molecule has 24 heavy (non-hydrogen) atoms. The van der Waals surface area contributed by atoms with Gasteiger partial charge in [0.05, 0.1) is 11.0 Å². The van der Waals surface area contributed by atoms with Crippen LogP contribution in [0.2, 0.25) is 5.02 Å². The van der Waals surface area contributed by atoms with Gasteiger partial charge in [0, 0.05) is 22.5 Å². The van der Waals surface area contributed by atoms with Crippen LogP contribution in [0.5, 0.6) is 5.75 Å². The molecule has 7 heteroatoms. The molecule has 0 saturated heterocycles. The molecule has 0 amide bonds. The molecule has 1 aliphatic rings. The summed E-state index contributed by atoms with van der Waals surface area (Å²) in [5.41, 5.74) is 2.25. The number of hydrogen-bond acceptors (Lipinski definition) is 2. The molecule has 0 bridgehead atoms. The molecule has 0 atom stereocenters. The summed E-state index contributed by atoms with van der Waals surface area (Å²) in [5.74, 6) is 1.37. The fourth-order valence-corrected chi connectivity index (χ4v) is 3.17. The van der Waals surface area contributed by atoms with Gasteiger partial charge < -0.3 is 9.30 Å². The van der Waals surface area contributed by atoms with Crippen molar-refractivity contribution in [2.75, 3.05) is 0 Å². The number of alkyl halides is 2. The minimum absolute atomic E-state index is 0.161. The lowest BCUT2D eigenvalue weighted by molar-refractivity contribution is -0.0498. The highest BCUT2D eigenvalue weighted by Crippen LogP contribution is 2.25. The van der Waals surface area contributed by atoms with Crippen molar-refractivity contribution in [2.45, 2.75) is 26.0 Å². The standard InChI is InChI=1S/C10H9ClN2.C7H5BrF2O/c11-7-3-4-8-9(6-7)13-5-1-2-10(13)12-8;8-5-2-1-3-6(4-5)11-7(9)10/h3-4,6H,1-2,5H2;1-4,7H. The predicted octanol–water partition coefficient (Wildman–Crippen LogP) is 5.69. The Morgan fingerprint density at radius 2 is 2.04 bits per heavy atom. The molecule has 0 fully saturated rings. The van der Waals surface area contributed by atoms with Crippen molar-refractivity contribution in [3.05, 3.63) is 57.8 Å². The molecule has 0 radical (unpaired) electrons. The second-order valence-corrected chi connectivity index (χ2v) is 6.60. The molecule has 0 aliphatic carbocycles. The first kappa shape index (κ1) is 17.2. The quantitative estimate of drug-likeness (QED) is 0.538. The van der Waals surface area contributed by atoms with Gasteiger partial charge in [0.1, 0.15) is 11.6 Å². The SMILES string of the molecule is Clc1ccc2nc3n(c2c1)CCC3.FC(F)Oc1cccc(Br)c1. The van der Waals surface area contributed by atoms with Gasteiger partial charge in [-0.15, -0.1) is 0 Å². The van der Waals surface area contributed by atoms with Crippen molar-refractivity contribution in [1.29, 1.82) is 0 Å². The molecule has 2 heterocycles. The van der Waals surface area contributed by atoms with E-state index in [-0.39, 0.29) is 5.75 Å². The summed E-state index contributed by atoms with van der Waals surface area (Å²) < 4.78 is 30.3. The van der Waals surface area contributed by atoms with E-state index >= 15 is 0 Å². The van der Waals surface area contributed by atoms with Crippen LogP contribution in [0.25, 0.3) is 11.0 Å². The Kier molecular flexibility index (Phi) is 5.36. The lowest BCUT2D eigenvalue weighted by atomic mass is 10.3. The van der Waals surface area contributed by atoms with Crippen LogP contribution < -0.4 is 4.74 Å². The van der Waals surface area contributed by atoms with Crippen molar-refractivity contribution >= 4 is 38.6 Å². The van der Waals surface area contributed by atoms with E-state index in [9.17, 15) is 8.78 Å². The number of hydrogen-bond donors (Lipinski definition) is 0. The molecule has 0 saturated carbocycles. The first-order valence-electron chi connectivity index (χ1n) is 7.38. The third-order valence-electron chi connectivity index (χ3n) is 3.59. The van der Waals surface area contributed by atoms with E-state index in [0.717, 1.165) is 28.0 Å². The van der Waals surface area contributed by atoms with Crippen LogP contribution in [-0.2, 0) is 13.0 Å². The van der Waals surface area contributed by atoms with Crippen LogP contribution in [0, 0.1) is 0 Å². The average Bonchev–Trinajstić information content (AvgIpc) is 3.08. The zero-order valence-electron chi connectivity index (χ0n) is 12.6. The van der Waals surface area contributed by atoms with E-state index in [1.54, 1.807) is 12.1 Å². The summed E-state index contributed by atoms with van der Waals surface area (Å²) in [6.07, 6.45) is 2.32. The second-order valence-electron chi connectivity index (χ2n) is 5.25. The number of benzene rings is 2. The molecule has 126 valence electrons. The Morgan fingerprint density at radius 1 is 1.21 bits per heavy atom. The Bertz CT molecular complexity index is 854. The molecular weight excluding hydrogens is 402 g/mol. The van der Waals surface area contributed by atoms with Gasteiger partial charge in [-0.05, 0) is 42.8 Å². The maximum absolute atomic E-state index is 11.6. The third kappa shape index (κ3) is 4.05. The predicted molar refractivity (Wildman–Crippen MR) is 93.8 cm³/mol. The van der Waals surface area contributed by atoms with E-state index in [1.807, 2.05) is 18.2 Å². The van der Waals surface area contributed by atoms with E-state index in [4.69, 9.17) is 11.6 Å². The highest BCUT2D eigenvalue weighted by atomic mass is 79.9. The highest BCUT2D eigenvalue weighted by Gasteiger charge is 2.15. The number of halogens is 4. The molecule has 1 aliphatic heterocycles. The number of rotatable bonds is 2. The third-order valence-corrected chi connectivity index (χ3v) is 4.32. The van der Waals surface area contributed by atoms with Crippen LogP contribution in [0.3, 0.4) is 0 Å². The number of nitrogens with zero attached hydrogens (tertiary/aromatic N) is 2. The van der Waals surface area contributed by atoms with E-state index in [1.165, 1.54) is 29.9 Å². The van der Waals surface area contributed by atoms with Crippen LogP contribution >= 0.6 is 27.5 Å². The van der Waals surface area contributed by atoms with Gasteiger partial charge >= 0.3 is 6.61 Å². The molecule has 1 aromatic heterocycles. The van der Waals surface area contributed by atoms with Gasteiger partial charge in [-0.2, -0.15) is 8.78 Å². The lowest BCUT2D eigenvalue weighted by Crippen LogP contribution is -2.01. The first-order valence-corrected chi connectivity index (χ1v) is 8.55. The Balaban J connectivity index is 0.000000144. The summed E-state index contributed by atoms with van der Waals surface area (Å²) in [6.45, 7) is -1.67. The molecule has 0 spiro atoms. The summed E-state index contributed by atoms with van der Waals surface area (Å²) in [5, 5.41) is 0.794. The Hall–Kier alpha value is -1.66. The summed E-state index contributed by atoms with van der Waals surface area (Å²) in [6, 6.07) is 12.2. The van der Waals surface area contributed by atoms with Crippen molar-refractivity contribution in [3.8, 4) is 5.75 Å². The molecule has 3 aromatic rings. The minimum atomic E-state index is -2.76. The molecule has 0 N–H and O–H groups in total. The number of imidazole rings is 1. The molecule has 3 nitrogen and oxygen atoms in total. The van der Waals surface area contributed by atoms with Gasteiger partial charge in [0.25, 0.3) is 0 Å². The summed E-state index contributed by atoms with van der Waals surface area (Å²) in [4.78, 5) is 4.54. The summed E-state index contributed by atoms with van der Waals surface area (Å²) in [7, 11) is 0. The number of fused-ring (bicyclic) bond motifs is 3. The van der Waals surface area contributed by atoms with Crippen LogP contribution in [0.1, 0.15) is 12.2 Å². The molecule has 4 rings (SSSR count). The van der Waals surface area contributed by atoms with Gasteiger partial charge in [0.15, 0.2) is 0 Å². The number of aryl methyl sites for hydroxylation is 2. The lowest BCUT2D eigenvalue weighted by Gasteiger charge is -2.02. The normalized spacial score (nSPS) is 12.9. The average molecular weight is 416 g/mol. The highest BCUT2D eigenvalue weighted by molar-refractivity contribution is 9.10. The topological polar surface area (TPSA) is 27.1 Å². The van der Waals surface area contributed by atoms with Crippen molar-refractivity contribution in [3.63, 3.8) is 0 Å². The summed E-state index contributed by atoms with van der Waals surface area (Å²) >= 11 is 9.06. The monoisotopic (exact) mass is 414 g/mol. The van der Waals surface area contributed by atoms with Crippen molar-refractivity contribution in [1.82, 2.24) is 9.55 Å². The maximum atomic E-state index is 11.6. The molecule has 0 unspecified atom stereocenters. The number of aromatic nitrogens is 2. The number of ether oxygens (including phenoxy) is 1.